The van der Waals surface area contributed by atoms with Crippen molar-refractivity contribution in [3.05, 3.63) is 0 Å². The van der Waals surface area contributed by atoms with Gasteiger partial charge in [0.1, 0.15) is 0 Å². The van der Waals surface area contributed by atoms with Crippen LogP contribution in [0.15, 0.2) is 0 Å². The average molecular weight is 494 g/mol. The van der Waals surface area contributed by atoms with Gasteiger partial charge in [0.05, 0.1) is 0 Å². The Morgan fingerprint density at radius 1 is 0.500 bits per heavy atom. The maximum absolute atomic E-state index is 12.2. The molecule has 0 spiro atoms. The molecule has 0 aromatic carbocycles. The third kappa shape index (κ3) is 18.6. The molecular formula is C24H46O7Ti. The molecule has 0 rings (SSSR count). The number of rotatable bonds is 21. The molecule has 7 nitrogen and oxygen atoms in total. The summed E-state index contributed by atoms with van der Waals surface area (Å²) in [6, 6.07) is 0. The molecule has 0 aromatic rings. The second-order valence-corrected chi connectivity index (χ2v) is 11.0. The van der Waals surface area contributed by atoms with Gasteiger partial charge in [0.25, 0.3) is 0 Å². The summed E-state index contributed by atoms with van der Waals surface area (Å²) in [7, 11) is 0. The summed E-state index contributed by atoms with van der Waals surface area (Å²) in [5.74, 6) is -2.05. The molecule has 1 N–H and O–H groups in total. The van der Waals surface area contributed by atoms with Gasteiger partial charge in [0.15, 0.2) is 0 Å². The van der Waals surface area contributed by atoms with E-state index in [-0.39, 0.29) is 19.3 Å². The van der Waals surface area contributed by atoms with Crippen molar-refractivity contribution in [1.82, 2.24) is 0 Å². The summed E-state index contributed by atoms with van der Waals surface area (Å²) >= 11 is -5.31. The molecule has 0 fully saturated rings. The first-order valence-corrected chi connectivity index (χ1v) is 15.4. The van der Waals surface area contributed by atoms with Gasteiger partial charge in [-0.05, 0) is 0 Å². The van der Waals surface area contributed by atoms with Crippen molar-refractivity contribution in [2.75, 3.05) is 0 Å². The van der Waals surface area contributed by atoms with Gasteiger partial charge in [-0.25, -0.2) is 0 Å². The molecule has 0 atom stereocenters. The molecule has 0 aliphatic carbocycles. The van der Waals surface area contributed by atoms with Crippen LogP contribution in [0.1, 0.15) is 136 Å². The zero-order valence-corrected chi connectivity index (χ0v) is 22.2. The van der Waals surface area contributed by atoms with Crippen LogP contribution in [0.5, 0.6) is 0 Å². The van der Waals surface area contributed by atoms with Crippen LogP contribution >= 0.6 is 0 Å². The minimum atomic E-state index is -5.31. The van der Waals surface area contributed by atoms with Crippen molar-refractivity contribution in [2.24, 2.45) is 0 Å². The van der Waals surface area contributed by atoms with Crippen LogP contribution in [-0.4, -0.2) is 21.6 Å². The Bertz CT molecular complexity index is 441. The fourth-order valence-corrected chi connectivity index (χ4v) is 5.29. The predicted octanol–water partition coefficient (Wildman–Crippen LogP) is 6.50. The van der Waals surface area contributed by atoms with Crippen LogP contribution in [0.4, 0.5) is 0 Å². The number of hydrogen-bond acceptors (Lipinski definition) is 7. The Morgan fingerprint density at radius 3 is 1.00 bits per heavy atom. The third-order valence-corrected chi connectivity index (χ3v) is 7.46. The van der Waals surface area contributed by atoms with Gasteiger partial charge >= 0.3 is 200 Å². The Balaban J connectivity index is 4.68. The first-order valence-electron chi connectivity index (χ1n) is 12.7. The van der Waals surface area contributed by atoms with E-state index in [1.807, 2.05) is 0 Å². The number of carbonyl (C=O) groups is 3. The van der Waals surface area contributed by atoms with Gasteiger partial charge in [-0.2, -0.15) is 0 Å². The quantitative estimate of drug-likeness (QED) is 0.144. The molecule has 0 saturated heterocycles. The number of carbonyl (C=O) groups excluding carboxylic acids is 3. The Labute approximate surface area is 200 Å². The van der Waals surface area contributed by atoms with E-state index >= 15 is 0 Å². The van der Waals surface area contributed by atoms with Crippen LogP contribution in [0.2, 0.25) is 0 Å². The molecule has 0 saturated carbocycles. The van der Waals surface area contributed by atoms with E-state index in [1.54, 1.807) is 0 Å². The molecule has 0 aromatic heterocycles. The summed E-state index contributed by atoms with van der Waals surface area (Å²) in [4.78, 5) is 36.6. The van der Waals surface area contributed by atoms with E-state index in [1.165, 1.54) is 0 Å². The molecule has 0 heterocycles. The van der Waals surface area contributed by atoms with Gasteiger partial charge in [0.2, 0.25) is 0 Å². The Morgan fingerprint density at radius 2 is 0.750 bits per heavy atom. The van der Waals surface area contributed by atoms with Crippen LogP contribution in [0, 0.1) is 0 Å². The molecule has 32 heavy (non-hydrogen) atoms. The van der Waals surface area contributed by atoms with E-state index in [2.05, 4.69) is 20.8 Å². The summed E-state index contributed by atoms with van der Waals surface area (Å²) < 4.78 is 26.0. The zero-order valence-electron chi connectivity index (χ0n) is 20.6. The zero-order chi connectivity index (χ0) is 24.1. The SMILES string of the molecule is CCCCCCCC(=O)[O][Ti]([OH])([O]C(=O)CCCCCCC)[O]C(=O)CCCCCCC. The van der Waals surface area contributed by atoms with Crippen molar-refractivity contribution < 1.29 is 46.2 Å². The standard InChI is InChI=1S/3C8H16O2.H2O.Ti/c3*1-2-3-4-5-6-7-8(9)10;;/h3*2-7H2,1H3,(H,9,10);1H2;/q;;;;+4/p-4. The topological polar surface area (TPSA) is 99.1 Å². The fourth-order valence-electron chi connectivity index (χ4n) is 3.27. The average Bonchev–Trinajstić information content (AvgIpc) is 2.72. The van der Waals surface area contributed by atoms with E-state index in [0.29, 0.717) is 19.3 Å². The van der Waals surface area contributed by atoms with Crippen molar-refractivity contribution in [3.8, 4) is 0 Å². The van der Waals surface area contributed by atoms with Crippen molar-refractivity contribution >= 4 is 17.9 Å². The van der Waals surface area contributed by atoms with Crippen LogP contribution in [0.25, 0.3) is 0 Å². The van der Waals surface area contributed by atoms with Crippen LogP contribution in [0.3, 0.4) is 0 Å². The molecule has 0 aliphatic rings. The number of hydrogen-bond donors (Lipinski definition) is 1. The van der Waals surface area contributed by atoms with Crippen molar-refractivity contribution in [3.63, 3.8) is 0 Å². The molecule has 188 valence electrons. The maximum atomic E-state index is 12.2. The molecule has 0 aliphatic heterocycles. The van der Waals surface area contributed by atoms with E-state index in [4.69, 9.17) is 9.96 Å². The van der Waals surface area contributed by atoms with Gasteiger partial charge < -0.3 is 0 Å². The van der Waals surface area contributed by atoms with Crippen LogP contribution < -0.4 is 0 Å². The van der Waals surface area contributed by atoms with Gasteiger partial charge in [-0.3, -0.25) is 0 Å². The second-order valence-electron chi connectivity index (χ2n) is 8.44. The molecule has 0 amide bonds. The Hall–Kier alpha value is -0.916. The van der Waals surface area contributed by atoms with E-state index < -0.39 is 36.0 Å². The fraction of sp³-hybridized carbons (Fsp3) is 0.875. The molecule has 8 heteroatoms. The summed E-state index contributed by atoms with van der Waals surface area (Å²) in [6.07, 6.45) is 14.5. The van der Waals surface area contributed by atoms with Crippen molar-refractivity contribution in [1.29, 1.82) is 0 Å². The molecule has 0 bridgehead atoms. The summed E-state index contributed by atoms with van der Waals surface area (Å²) in [6.45, 7) is 6.33. The molecule has 0 radical (unpaired) electrons. The first kappa shape index (κ1) is 31.1. The normalized spacial score (nSPS) is 11.2. The van der Waals surface area contributed by atoms with E-state index in [0.717, 1.165) is 77.0 Å². The van der Waals surface area contributed by atoms with Gasteiger partial charge in [-0.1, -0.05) is 0 Å². The monoisotopic (exact) mass is 494 g/mol. The minimum absolute atomic E-state index is 0.0976. The summed E-state index contributed by atoms with van der Waals surface area (Å²) in [5, 5.41) is 0. The van der Waals surface area contributed by atoms with Crippen molar-refractivity contribution in [2.45, 2.75) is 136 Å². The summed E-state index contributed by atoms with van der Waals surface area (Å²) in [5.41, 5.74) is 0. The molecule has 0 unspecified atom stereocenters. The number of unbranched alkanes of at least 4 members (excludes halogenated alkanes) is 12. The van der Waals surface area contributed by atoms with Crippen LogP contribution in [-0.2, 0) is 42.5 Å². The van der Waals surface area contributed by atoms with Gasteiger partial charge in [0, 0.05) is 0 Å². The van der Waals surface area contributed by atoms with Gasteiger partial charge in [-0.15, -0.1) is 0 Å². The first-order chi connectivity index (χ1) is 15.4. The Kier molecular flexibility index (Phi) is 20.1. The predicted molar refractivity (Wildman–Crippen MR) is 121 cm³/mol. The third-order valence-electron chi connectivity index (χ3n) is 5.18. The van der Waals surface area contributed by atoms with E-state index in [9.17, 15) is 18.1 Å². The molecular weight excluding hydrogens is 448 g/mol. The second kappa shape index (κ2) is 20.7.